The van der Waals surface area contributed by atoms with Crippen molar-refractivity contribution in [1.82, 2.24) is 0 Å². The molecule has 0 heterocycles. The van der Waals surface area contributed by atoms with Crippen molar-refractivity contribution in [3.8, 4) is 0 Å². The molecule has 0 aliphatic heterocycles. The van der Waals surface area contributed by atoms with Gasteiger partial charge < -0.3 is 5.21 Å². The standard InChI is InChI=1S/C6H11NO2/c1-2-6(8)4-3-5-7-9/h5,9H,2-4H2,1H3. The first kappa shape index (κ1) is 8.14. The Labute approximate surface area is 54.4 Å². The molecule has 0 saturated heterocycles. The Balaban J connectivity index is 3.17. The lowest BCUT2D eigenvalue weighted by Gasteiger charge is -1.88. The van der Waals surface area contributed by atoms with Crippen LogP contribution in [-0.4, -0.2) is 17.2 Å². The summed E-state index contributed by atoms with van der Waals surface area (Å²) in [7, 11) is 0. The van der Waals surface area contributed by atoms with E-state index in [4.69, 9.17) is 5.21 Å². The molecule has 0 aromatic carbocycles. The molecular formula is C6H11NO2. The highest BCUT2D eigenvalue weighted by molar-refractivity contribution is 5.80. The molecule has 0 aliphatic rings. The van der Waals surface area contributed by atoms with Crippen LogP contribution in [0.4, 0.5) is 0 Å². The van der Waals surface area contributed by atoms with Crippen LogP contribution in [-0.2, 0) is 4.79 Å². The number of carbonyl (C=O) groups excluding carboxylic acids is 1. The molecule has 0 spiro atoms. The van der Waals surface area contributed by atoms with E-state index in [1.54, 1.807) is 0 Å². The van der Waals surface area contributed by atoms with E-state index in [1.807, 2.05) is 6.92 Å². The van der Waals surface area contributed by atoms with Gasteiger partial charge in [-0.3, -0.25) is 4.79 Å². The summed E-state index contributed by atoms with van der Waals surface area (Å²) in [6.07, 6.45) is 2.93. The van der Waals surface area contributed by atoms with Crippen molar-refractivity contribution in [3.63, 3.8) is 0 Å². The lowest BCUT2D eigenvalue weighted by Crippen LogP contribution is -1.94. The van der Waals surface area contributed by atoms with Crippen LogP contribution in [0.5, 0.6) is 0 Å². The largest absolute Gasteiger partial charge is 0.411 e. The summed E-state index contributed by atoms with van der Waals surface area (Å²) in [5.74, 6) is 0.204. The summed E-state index contributed by atoms with van der Waals surface area (Å²) in [4.78, 5) is 10.5. The topological polar surface area (TPSA) is 49.7 Å². The molecule has 0 amide bonds. The van der Waals surface area contributed by atoms with E-state index in [9.17, 15) is 4.79 Å². The third-order valence-electron chi connectivity index (χ3n) is 1.03. The highest BCUT2D eigenvalue weighted by Crippen LogP contribution is 1.90. The molecule has 0 bridgehead atoms. The normalized spacial score (nSPS) is 10.3. The van der Waals surface area contributed by atoms with Crippen molar-refractivity contribution >= 4 is 12.0 Å². The lowest BCUT2D eigenvalue weighted by molar-refractivity contribution is -0.118. The number of rotatable bonds is 4. The van der Waals surface area contributed by atoms with E-state index >= 15 is 0 Å². The fourth-order valence-corrected chi connectivity index (χ4v) is 0.460. The summed E-state index contributed by atoms with van der Waals surface area (Å²) in [5.41, 5.74) is 0. The van der Waals surface area contributed by atoms with Crippen molar-refractivity contribution in [2.45, 2.75) is 26.2 Å². The zero-order chi connectivity index (χ0) is 7.11. The Bertz CT molecular complexity index is 110. The van der Waals surface area contributed by atoms with Crippen LogP contribution in [0.15, 0.2) is 5.16 Å². The van der Waals surface area contributed by atoms with E-state index in [0.717, 1.165) is 0 Å². The van der Waals surface area contributed by atoms with Gasteiger partial charge in [-0.05, 0) is 6.42 Å². The summed E-state index contributed by atoms with van der Waals surface area (Å²) < 4.78 is 0. The molecule has 0 aliphatic carbocycles. The third-order valence-corrected chi connectivity index (χ3v) is 1.03. The number of nitrogens with zero attached hydrogens (tertiary/aromatic N) is 1. The van der Waals surface area contributed by atoms with Gasteiger partial charge in [-0.25, -0.2) is 0 Å². The van der Waals surface area contributed by atoms with Crippen LogP contribution < -0.4 is 0 Å². The second kappa shape index (κ2) is 5.28. The molecule has 0 aromatic heterocycles. The Morgan fingerprint density at radius 3 is 2.89 bits per heavy atom. The van der Waals surface area contributed by atoms with Crippen LogP contribution in [0.3, 0.4) is 0 Å². The molecule has 3 nitrogen and oxygen atoms in total. The molecule has 9 heavy (non-hydrogen) atoms. The predicted octanol–water partition coefficient (Wildman–Crippen LogP) is 1.21. The van der Waals surface area contributed by atoms with Crippen molar-refractivity contribution in [2.75, 3.05) is 0 Å². The number of oxime groups is 1. The quantitative estimate of drug-likeness (QED) is 0.352. The fraction of sp³-hybridized carbons (Fsp3) is 0.667. The van der Waals surface area contributed by atoms with Gasteiger partial charge >= 0.3 is 0 Å². The molecule has 0 aromatic rings. The molecule has 0 saturated carbocycles. The minimum absolute atomic E-state index is 0.204. The average molecular weight is 129 g/mol. The van der Waals surface area contributed by atoms with E-state index < -0.39 is 0 Å². The first-order valence-corrected chi connectivity index (χ1v) is 2.98. The summed E-state index contributed by atoms with van der Waals surface area (Å²) in [6, 6.07) is 0. The number of carbonyl (C=O) groups is 1. The van der Waals surface area contributed by atoms with Gasteiger partial charge in [0.15, 0.2) is 0 Å². The molecule has 0 radical (unpaired) electrons. The second-order valence-electron chi connectivity index (χ2n) is 1.73. The van der Waals surface area contributed by atoms with Gasteiger partial charge in [0.05, 0.1) is 0 Å². The van der Waals surface area contributed by atoms with Crippen LogP contribution >= 0.6 is 0 Å². The third kappa shape index (κ3) is 5.00. The number of ketones is 1. The fourth-order valence-electron chi connectivity index (χ4n) is 0.460. The van der Waals surface area contributed by atoms with Crippen molar-refractivity contribution in [1.29, 1.82) is 0 Å². The van der Waals surface area contributed by atoms with E-state index in [1.165, 1.54) is 6.21 Å². The smallest absolute Gasteiger partial charge is 0.133 e. The van der Waals surface area contributed by atoms with Crippen LogP contribution in [0.1, 0.15) is 26.2 Å². The van der Waals surface area contributed by atoms with Crippen molar-refractivity contribution in [3.05, 3.63) is 0 Å². The van der Waals surface area contributed by atoms with Gasteiger partial charge in [0, 0.05) is 19.1 Å². The minimum Gasteiger partial charge on any atom is -0.411 e. The highest BCUT2D eigenvalue weighted by atomic mass is 16.4. The number of Topliss-reactive ketones (excluding diaryl/α,β-unsaturated/α-hetero) is 1. The van der Waals surface area contributed by atoms with E-state index in [-0.39, 0.29) is 5.78 Å². The Morgan fingerprint density at radius 2 is 2.44 bits per heavy atom. The van der Waals surface area contributed by atoms with Gasteiger partial charge in [0.2, 0.25) is 0 Å². The number of hydrogen-bond donors (Lipinski definition) is 1. The molecule has 3 heteroatoms. The molecule has 0 fully saturated rings. The Kier molecular flexibility index (Phi) is 4.78. The van der Waals surface area contributed by atoms with Gasteiger partial charge in [-0.15, -0.1) is 5.16 Å². The lowest BCUT2D eigenvalue weighted by atomic mass is 10.2. The molecule has 1 N–H and O–H groups in total. The van der Waals surface area contributed by atoms with Crippen molar-refractivity contribution < 1.29 is 10.0 Å². The Morgan fingerprint density at radius 1 is 1.78 bits per heavy atom. The van der Waals surface area contributed by atoms with Gasteiger partial charge in [-0.2, -0.15) is 0 Å². The maximum atomic E-state index is 10.5. The zero-order valence-electron chi connectivity index (χ0n) is 5.50. The summed E-state index contributed by atoms with van der Waals surface area (Å²) >= 11 is 0. The van der Waals surface area contributed by atoms with E-state index in [2.05, 4.69) is 5.16 Å². The van der Waals surface area contributed by atoms with Crippen LogP contribution in [0.2, 0.25) is 0 Å². The van der Waals surface area contributed by atoms with Crippen LogP contribution in [0.25, 0.3) is 0 Å². The SMILES string of the molecule is CCC(=O)CCC=NO. The molecular weight excluding hydrogens is 118 g/mol. The molecule has 52 valence electrons. The predicted molar refractivity (Wildman–Crippen MR) is 34.8 cm³/mol. The maximum absolute atomic E-state index is 10.5. The summed E-state index contributed by atoms with van der Waals surface area (Å²) in [6.45, 7) is 1.82. The molecule has 0 rings (SSSR count). The van der Waals surface area contributed by atoms with Gasteiger partial charge in [0.1, 0.15) is 5.78 Å². The second-order valence-corrected chi connectivity index (χ2v) is 1.73. The van der Waals surface area contributed by atoms with Gasteiger partial charge in [-0.1, -0.05) is 6.92 Å². The highest BCUT2D eigenvalue weighted by Gasteiger charge is 1.93. The first-order chi connectivity index (χ1) is 4.31. The maximum Gasteiger partial charge on any atom is 0.133 e. The first-order valence-electron chi connectivity index (χ1n) is 2.98. The van der Waals surface area contributed by atoms with E-state index in [0.29, 0.717) is 19.3 Å². The minimum atomic E-state index is 0.204. The summed E-state index contributed by atoms with van der Waals surface area (Å²) in [5, 5.41) is 10.7. The van der Waals surface area contributed by atoms with Gasteiger partial charge in [0.25, 0.3) is 0 Å². The monoisotopic (exact) mass is 129 g/mol. The average Bonchev–Trinajstić information content (AvgIpc) is 1.89. The molecule has 0 atom stereocenters. The van der Waals surface area contributed by atoms with Crippen molar-refractivity contribution in [2.24, 2.45) is 5.16 Å². The zero-order valence-corrected chi connectivity index (χ0v) is 5.50. The van der Waals surface area contributed by atoms with Crippen LogP contribution in [0, 0.1) is 0 Å². The number of hydrogen-bond acceptors (Lipinski definition) is 3. The molecule has 0 unspecified atom stereocenters. The Hall–Kier alpha value is -0.860.